The zero-order valence-electron chi connectivity index (χ0n) is 16.0. The maximum atomic E-state index is 12.7. The van der Waals surface area contributed by atoms with Gasteiger partial charge in [-0.1, -0.05) is 28.1 Å². The lowest BCUT2D eigenvalue weighted by atomic mass is 10.1. The summed E-state index contributed by atoms with van der Waals surface area (Å²) in [5.41, 5.74) is 2.78. The van der Waals surface area contributed by atoms with E-state index in [0.29, 0.717) is 13.1 Å². The largest absolute Gasteiger partial charge is 0.494 e. The third-order valence-electron chi connectivity index (χ3n) is 5.20. The first-order valence-electron chi connectivity index (χ1n) is 9.31. The van der Waals surface area contributed by atoms with Crippen molar-refractivity contribution >= 4 is 38.6 Å². The van der Waals surface area contributed by atoms with Crippen LogP contribution in [-0.2, 0) is 0 Å². The monoisotopic (exact) mass is 439 g/mol. The maximum absolute atomic E-state index is 12.7. The summed E-state index contributed by atoms with van der Waals surface area (Å²) in [5, 5.41) is 1.10. The minimum atomic E-state index is 0.0801. The molecule has 1 aliphatic heterocycles. The highest BCUT2D eigenvalue weighted by Gasteiger charge is 2.23. The number of halogens is 1. The number of rotatable bonds is 3. The smallest absolute Gasteiger partial charge is 0.253 e. The predicted octanol–water partition coefficient (Wildman–Crippen LogP) is 4.28. The number of piperazine rings is 1. The molecule has 1 saturated heterocycles. The fourth-order valence-electron chi connectivity index (χ4n) is 3.61. The van der Waals surface area contributed by atoms with Gasteiger partial charge in [-0.3, -0.25) is 4.79 Å². The molecule has 6 heteroatoms. The van der Waals surface area contributed by atoms with Crippen molar-refractivity contribution in [3.63, 3.8) is 0 Å². The lowest BCUT2D eigenvalue weighted by Crippen LogP contribution is -2.49. The molecule has 0 N–H and O–H groups in total. The van der Waals surface area contributed by atoms with E-state index in [0.717, 1.165) is 45.6 Å². The first kappa shape index (κ1) is 18.7. The number of amides is 1. The van der Waals surface area contributed by atoms with E-state index in [2.05, 4.69) is 39.9 Å². The van der Waals surface area contributed by atoms with Gasteiger partial charge in [0.05, 0.1) is 7.11 Å². The Morgan fingerprint density at radius 2 is 1.79 bits per heavy atom. The summed E-state index contributed by atoms with van der Waals surface area (Å²) in [6, 6.07) is 15.6. The van der Waals surface area contributed by atoms with Crippen LogP contribution in [0.25, 0.3) is 10.9 Å². The lowest BCUT2D eigenvalue weighted by Gasteiger charge is -2.35. The SMILES string of the molecule is COc1cccc2c(C)cc(N3CCN(C(=O)c4ccc(Br)cc4)CC3)nc12. The van der Waals surface area contributed by atoms with Gasteiger partial charge in [0.1, 0.15) is 17.1 Å². The molecule has 0 aliphatic carbocycles. The highest BCUT2D eigenvalue weighted by atomic mass is 79.9. The number of aromatic nitrogens is 1. The minimum Gasteiger partial charge on any atom is -0.494 e. The van der Waals surface area contributed by atoms with Crippen LogP contribution < -0.4 is 9.64 Å². The van der Waals surface area contributed by atoms with Gasteiger partial charge in [-0.05, 0) is 48.9 Å². The van der Waals surface area contributed by atoms with Crippen LogP contribution in [-0.4, -0.2) is 49.1 Å². The van der Waals surface area contributed by atoms with Gasteiger partial charge in [0.25, 0.3) is 5.91 Å². The normalized spacial score (nSPS) is 14.4. The zero-order chi connectivity index (χ0) is 19.7. The number of para-hydroxylation sites is 1. The highest BCUT2D eigenvalue weighted by molar-refractivity contribution is 9.10. The quantitative estimate of drug-likeness (QED) is 0.610. The predicted molar refractivity (Wildman–Crippen MR) is 115 cm³/mol. The molecule has 0 bridgehead atoms. The Morgan fingerprint density at radius 3 is 2.46 bits per heavy atom. The lowest BCUT2D eigenvalue weighted by molar-refractivity contribution is 0.0746. The number of nitrogens with zero attached hydrogens (tertiary/aromatic N) is 3. The van der Waals surface area contributed by atoms with Crippen LogP contribution in [0, 0.1) is 6.92 Å². The number of methoxy groups -OCH3 is 1. The molecule has 0 radical (unpaired) electrons. The van der Waals surface area contributed by atoms with Crippen molar-refractivity contribution in [2.24, 2.45) is 0 Å². The summed E-state index contributed by atoms with van der Waals surface area (Å²) < 4.78 is 6.47. The molecule has 0 saturated carbocycles. The summed E-state index contributed by atoms with van der Waals surface area (Å²) in [4.78, 5) is 21.7. The van der Waals surface area contributed by atoms with E-state index in [1.165, 1.54) is 5.56 Å². The molecule has 1 amide bonds. The van der Waals surface area contributed by atoms with Crippen LogP contribution >= 0.6 is 15.9 Å². The van der Waals surface area contributed by atoms with E-state index < -0.39 is 0 Å². The molecule has 4 rings (SSSR count). The van der Waals surface area contributed by atoms with Crippen molar-refractivity contribution in [2.45, 2.75) is 6.92 Å². The number of aryl methyl sites for hydroxylation is 1. The molecular formula is C22H22BrN3O2. The van der Waals surface area contributed by atoms with Crippen LogP contribution in [0.15, 0.2) is 53.0 Å². The highest BCUT2D eigenvalue weighted by Crippen LogP contribution is 2.29. The number of hydrogen-bond donors (Lipinski definition) is 0. The van der Waals surface area contributed by atoms with Crippen molar-refractivity contribution in [1.29, 1.82) is 0 Å². The Hall–Kier alpha value is -2.60. The number of ether oxygens (including phenoxy) is 1. The van der Waals surface area contributed by atoms with E-state index in [-0.39, 0.29) is 5.91 Å². The Balaban J connectivity index is 1.52. The second kappa shape index (κ2) is 7.80. The summed E-state index contributed by atoms with van der Waals surface area (Å²) in [5.74, 6) is 1.80. The number of anilines is 1. The van der Waals surface area contributed by atoms with Crippen LogP contribution in [0.1, 0.15) is 15.9 Å². The molecule has 1 aromatic heterocycles. The van der Waals surface area contributed by atoms with Gasteiger partial charge in [0, 0.05) is 41.6 Å². The summed E-state index contributed by atoms with van der Waals surface area (Å²) in [6.07, 6.45) is 0. The molecule has 2 heterocycles. The molecule has 5 nitrogen and oxygen atoms in total. The standard InChI is InChI=1S/C22H22BrN3O2/c1-15-14-20(24-21-18(15)4-3-5-19(21)28-2)25-10-12-26(13-11-25)22(27)16-6-8-17(23)9-7-16/h3-9,14H,10-13H2,1-2H3. The van der Waals surface area contributed by atoms with Crippen molar-refractivity contribution in [3.05, 3.63) is 64.1 Å². The van der Waals surface area contributed by atoms with Crippen molar-refractivity contribution in [3.8, 4) is 5.75 Å². The number of carbonyl (C=O) groups is 1. The van der Waals surface area contributed by atoms with Crippen LogP contribution in [0.4, 0.5) is 5.82 Å². The second-order valence-electron chi connectivity index (χ2n) is 6.94. The number of pyridine rings is 1. The summed E-state index contributed by atoms with van der Waals surface area (Å²) in [7, 11) is 1.67. The van der Waals surface area contributed by atoms with Crippen molar-refractivity contribution in [2.75, 3.05) is 38.2 Å². The van der Waals surface area contributed by atoms with E-state index in [1.54, 1.807) is 7.11 Å². The first-order valence-corrected chi connectivity index (χ1v) is 10.1. The van der Waals surface area contributed by atoms with E-state index in [4.69, 9.17) is 9.72 Å². The Kier molecular flexibility index (Phi) is 5.22. The number of hydrogen-bond acceptors (Lipinski definition) is 4. The average molecular weight is 440 g/mol. The van der Waals surface area contributed by atoms with E-state index in [1.807, 2.05) is 41.3 Å². The van der Waals surface area contributed by atoms with Crippen LogP contribution in [0.5, 0.6) is 5.75 Å². The Bertz CT molecular complexity index is 1010. The zero-order valence-corrected chi connectivity index (χ0v) is 17.6. The van der Waals surface area contributed by atoms with Gasteiger partial charge < -0.3 is 14.5 Å². The van der Waals surface area contributed by atoms with Crippen molar-refractivity contribution < 1.29 is 9.53 Å². The van der Waals surface area contributed by atoms with Gasteiger partial charge in [0.15, 0.2) is 0 Å². The molecule has 3 aromatic rings. The third-order valence-corrected chi connectivity index (χ3v) is 5.73. The van der Waals surface area contributed by atoms with Crippen LogP contribution in [0.3, 0.4) is 0 Å². The molecule has 1 aliphatic rings. The molecule has 2 aromatic carbocycles. The molecule has 0 spiro atoms. The van der Waals surface area contributed by atoms with Gasteiger partial charge in [-0.2, -0.15) is 0 Å². The second-order valence-corrected chi connectivity index (χ2v) is 7.86. The molecule has 1 fully saturated rings. The van der Waals surface area contributed by atoms with Crippen LogP contribution in [0.2, 0.25) is 0 Å². The first-order chi connectivity index (χ1) is 13.6. The van der Waals surface area contributed by atoms with Gasteiger partial charge >= 0.3 is 0 Å². The fraction of sp³-hybridized carbons (Fsp3) is 0.273. The Morgan fingerprint density at radius 1 is 1.07 bits per heavy atom. The molecule has 28 heavy (non-hydrogen) atoms. The van der Waals surface area contributed by atoms with Crippen molar-refractivity contribution in [1.82, 2.24) is 9.88 Å². The minimum absolute atomic E-state index is 0.0801. The molecular weight excluding hydrogens is 418 g/mol. The average Bonchev–Trinajstić information content (AvgIpc) is 2.73. The fourth-order valence-corrected chi connectivity index (χ4v) is 3.88. The Labute approximate surface area is 173 Å². The molecule has 0 unspecified atom stereocenters. The molecule has 0 atom stereocenters. The third kappa shape index (κ3) is 3.56. The number of fused-ring (bicyclic) bond motifs is 1. The topological polar surface area (TPSA) is 45.7 Å². The van der Waals surface area contributed by atoms with E-state index in [9.17, 15) is 4.79 Å². The summed E-state index contributed by atoms with van der Waals surface area (Å²) in [6.45, 7) is 4.98. The van der Waals surface area contributed by atoms with Gasteiger partial charge in [0.2, 0.25) is 0 Å². The van der Waals surface area contributed by atoms with Gasteiger partial charge in [-0.15, -0.1) is 0 Å². The number of benzene rings is 2. The van der Waals surface area contributed by atoms with E-state index >= 15 is 0 Å². The maximum Gasteiger partial charge on any atom is 0.253 e. The van der Waals surface area contributed by atoms with Gasteiger partial charge in [-0.25, -0.2) is 4.98 Å². The number of carbonyl (C=O) groups excluding carboxylic acids is 1. The molecule has 144 valence electrons. The summed E-state index contributed by atoms with van der Waals surface area (Å²) >= 11 is 3.41.